The van der Waals surface area contributed by atoms with E-state index in [1.54, 1.807) is 11.1 Å². The number of benzene rings is 1. The maximum Gasteiger partial charge on any atom is 0.0481 e. The Kier molecular flexibility index (Phi) is 4.58. The van der Waals surface area contributed by atoms with Crippen molar-refractivity contribution in [2.24, 2.45) is 5.41 Å². The van der Waals surface area contributed by atoms with Gasteiger partial charge in [-0.1, -0.05) is 31.2 Å². The number of hydrogen-bond acceptors (Lipinski definition) is 3. The van der Waals surface area contributed by atoms with Gasteiger partial charge in [-0.2, -0.15) is 0 Å². The van der Waals surface area contributed by atoms with E-state index in [0.29, 0.717) is 11.5 Å². The number of nitrogens with zero attached hydrogens (tertiary/aromatic N) is 2. The summed E-state index contributed by atoms with van der Waals surface area (Å²) in [7, 11) is 0. The molecule has 2 aliphatic heterocycles. The molecule has 0 bridgehead atoms. The predicted molar refractivity (Wildman–Crippen MR) is 108 cm³/mol. The van der Waals surface area contributed by atoms with Crippen LogP contribution in [0.25, 0.3) is 0 Å². The van der Waals surface area contributed by atoms with Crippen LogP contribution < -0.4 is 5.32 Å². The third-order valence-corrected chi connectivity index (χ3v) is 7.80. The minimum absolute atomic E-state index is 0.615. The average molecular weight is 354 g/mol. The minimum Gasteiger partial charge on any atom is -0.317 e. The minimum atomic E-state index is 0.615. The van der Waals surface area contributed by atoms with E-state index in [2.05, 4.69) is 46.3 Å². The van der Waals surface area contributed by atoms with Gasteiger partial charge in [-0.25, -0.2) is 0 Å². The number of piperazine rings is 1. The zero-order valence-corrected chi connectivity index (χ0v) is 16.4. The van der Waals surface area contributed by atoms with Gasteiger partial charge in [0, 0.05) is 31.7 Å². The van der Waals surface area contributed by atoms with E-state index in [0.717, 1.165) is 12.0 Å². The molecule has 1 spiro atoms. The highest BCUT2D eigenvalue weighted by molar-refractivity contribution is 5.36. The standard InChI is InChI=1S/C23H35N3/c1-2-25-13-14-26(19-15-23(16-19)9-11-24-12-10-23)22(17-25)21-6-4-3-5-20(21)18-7-8-18/h3-6,18-19,22,24H,2,7-17H2,1H3. The molecule has 0 amide bonds. The zero-order chi connectivity index (χ0) is 17.6. The molecule has 0 radical (unpaired) electrons. The fourth-order valence-corrected chi connectivity index (χ4v) is 5.97. The van der Waals surface area contributed by atoms with Crippen LogP contribution in [0.5, 0.6) is 0 Å². The molecule has 1 atom stereocenters. The lowest BCUT2D eigenvalue weighted by atomic mass is 9.60. The van der Waals surface area contributed by atoms with Crippen molar-refractivity contribution in [1.82, 2.24) is 15.1 Å². The second-order valence-electron chi connectivity index (χ2n) is 9.36. The van der Waals surface area contributed by atoms with Crippen LogP contribution in [-0.2, 0) is 0 Å². The quantitative estimate of drug-likeness (QED) is 0.889. The van der Waals surface area contributed by atoms with Crippen molar-refractivity contribution in [2.45, 2.75) is 63.5 Å². The van der Waals surface area contributed by atoms with Gasteiger partial charge < -0.3 is 10.2 Å². The number of likely N-dealkylation sites (N-methyl/N-ethyl adjacent to an activating group) is 1. The molecule has 4 fully saturated rings. The SMILES string of the molecule is CCN1CCN(C2CC3(CCNCC3)C2)C(c2ccccc2C2CC2)C1. The molecule has 3 heteroatoms. The molecule has 26 heavy (non-hydrogen) atoms. The summed E-state index contributed by atoms with van der Waals surface area (Å²) in [4.78, 5) is 5.59. The van der Waals surface area contributed by atoms with Gasteiger partial charge in [0.15, 0.2) is 0 Å². The molecule has 2 saturated carbocycles. The first-order valence-electron chi connectivity index (χ1n) is 11.1. The molecular weight excluding hydrogens is 318 g/mol. The highest BCUT2D eigenvalue weighted by Crippen LogP contribution is 2.52. The molecule has 5 rings (SSSR count). The van der Waals surface area contributed by atoms with Crippen LogP contribution in [0.2, 0.25) is 0 Å². The van der Waals surface area contributed by atoms with Crippen molar-refractivity contribution in [2.75, 3.05) is 39.3 Å². The maximum absolute atomic E-state index is 3.56. The summed E-state index contributed by atoms with van der Waals surface area (Å²) in [6, 6.07) is 10.8. The van der Waals surface area contributed by atoms with E-state index in [-0.39, 0.29) is 0 Å². The van der Waals surface area contributed by atoms with Gasteiger partial charge in [0.1, 0.15) is 0 Å². The summed E-state index contributed by atoms with van der Waals surface area (Å²) in [5, 5.41) is 3.56. The van der Waals surface area contributed by atoms with Crippen LogP contribution in [-0.4, -0.2) is 55.1 Å². The Balaban J connectivity index is 1.38. The monoisotopic (exact) mass is 353 g/mol. The van der Waals surface area contributed by atoms with E-state index < -0.39 is 0 Å². The molecule has 1 aromatic carbocycles. The first kappa shape index (κ1) is 17.2. The Morgan fingerprint density at radius 2 is 1.77 bits per heavy atom. The first-order valence-corrected chi connectivity index (χ1v) is 11.1. The molecule has 0 aromatic heterocycles. The normalized spacial score (nSPS) is 30.4. The Bertz CT molecular complexity index is 624. The van der Waals surface area contributed by atoms with Gasteiger partial charge in [-0.15, -0.1) is 0 Å². The van der Waals surface area contributed by atoms with Crippen molar-refractivity contribution in [3.63, 3.8) is 0 Å². The highest BCUT2D eigenvalue weighted by Gasteiger charge is 2.49. The smallest absolute Gasteiger partial charge is 0.0481 e. The summed E-state index contributed by atoms with van der Waals surface area (Å²) in [5.41, 5.74) is 3.99. The van der Waals surface area contributed by atoms with Crippen molar-refractivity contribution in [3.05, 3.63) is 35.4 Å². The van der Waals surface area contributed by atoms with E-state index in [9.17, 15) is 0 Å². The summed E-state index contributed by atoms with van der Waals surface area (Å²) < 4.78 is 0. The van der Waals surface area contributed by atoms with E-state index >= 15 is 0 Å². The Labute approximate surface area is 159 Å². The third kappa shape index (κ3) is 3.12. The second kappa shape index (κ2) is 6.92. The van der Waals surface area contributed by atoms with Crippen molar-refractivity contribution < 1.29 is 0 Å². The van der Waals surface area contributed by atoms with Crippen LogP contribution in [0.1, 0.15) is 68.5 Å². The van der Waals surface area contributed by atoms with Gasteiger partial charge in [-0.3, -0.25) is 4.90 Å². The Morgan fingerprint density at radius 1 is 1.04 bits per heavy atom. The molecule has 1 aromatic rings. The van der Waals surface area contributed by atoms with Crippen LogP contribution in [0.15, 0.2) is 24.3 Å². The molecule has 2 heterocycles. The second-order valence-corrected chi connectivity index (χ2v) is 9.36. The number of piperidine rings is 1. The van der Waals surface area contributed by atoms with E-state index in [1.807, 2.05) is 0 Å². The lowest BCUT2D eigenvalue weighted by Gasteiger charge is -2.57. The van der Waals surface area contributed by atoms with Crippen molar-refractivity contribution >= 4 is 0 Å². The van der Waals surface area contributed by atoms with Gasteiger partial charge in [0.25, 0.3) is 0 Å². The molecule has 2 saturated heterocycles. The van der Waals surface area contributed by atoms with Crippen LogP contribution in [0.3, 0.4) is 0 Å². The molecule has 3 nitrogen and oxygen atoms in total. The number of nitrogens with one attached hydrogen (secondary N) is 1. The van der Waals surface area contributed by atoms with Gasteiger partial charge >= 0.3 is 0 Å². The number of rotatable bonds is 4. The fraction of sp³-hybridized carbons (Fsp3) is 0.739. The Hall–Kier alpha value is -0.900. The molecule has 1 unspecified atom stereocenters. The topological polar surface area (TPSA) is 18.5 Å². The van der Waals surface area contributed by atoms with Crippen LogP contribution >= 0.6 is 0 Å². The van der Waals surface area contributed by atoms with Crippen LogP contribution in [0.4, 0.5) is 0 Å². The molecule has 142 valence electrons. The first-order chi connectivity index (χ1) is 12.8. The Morgan fingerprint density at radius 3 is 2.46 bits per heavy atom. The summed E-state index contributed by atoms with van der Waals surface area (Å²) in [5.74, 6) is 0.849. The predicted octanol–water partition coefficient (Wildman–Crippen LogP) is 3.77. The summed E-state index contributed by atoms with van der Waals surface area (Å²) in [6.07, 6.45) is 8.51. The van der Waals surface area contributed by atoms with Crippen molar-refractivity contribution in [1.29, 1.82) is 0 Å². The summed E-state index contributed by atoms with van der Waals surface area (Å²) in [6.45, 7) is 9.74. The van der Waals surface area contributed by atoms with Gasteiger partial charge in [-0.05, 0) is 80.6 Å². The average Bonchev–Trinajstić information content (AvgIpc) is 3.51. The molecule has 4 aliphatic rings. The lowest BCUT2D eigenvalue weighted by Crippen LogP contribution is -2.59. The largest absolute Gasteiger partial charge is 0.317 e. The molecule has 2 aliphatic carbocycles. The summed E-state index contributed by atoms with van der Waals surface area (Å²) >= 11 is 0. The van der Waals surface area contributed by atoms with E-state index in [4.69, 9.17) is 0 Å². The fourth-order valence-electron chi connectivity index (χ4n) is 5.97. The molecular formula is C23H35N3. The van der Waals surface area contributed by atoms with E-state index in [1.165, 1.54) is 77.8 Å². The third-order valence-electron chi connectivity index (χ3n) is 7.80. The maximum atomic E-state index is 3.56. The zero-order valence-electron chi connectivity index (χ0n) is 16.4. The highest BCUT2D eigenvalue weighted by atomic mass is 15.3. The van der Waals surface area contributed by atoms with Gasteiger partial charge in [0.05, 0.1) is 0 Å². The van der Waals surface area contributed by atoms with Crippen molar-refractivity contribution in [3.8, 4) is 0 Å². The molecule has 1 N–H and O–H groups in total. The van der Waals surface area contributed by atoms with Gasteiger partial charge in [0.2, 0.25) is 0 Å². The number of hydrogen-bond donors (Lipinski definition) is 1. The lowest BCUT2D eigenvalue weighted by molar-refractivity contribution is -0.0632. The van der Waals surface area contributed by atoms with Crippen LogP contribution in [0, 0.1) is 5.41 Å².